The van der Waals surface area contributed by atoms with Crippen LogP contribution in [0.15, 0.2) is 4.42 Å². The zero-order valence-electron chi connectivity index (χ0n) is 11.6. The number of carboxylic acid groups (broad SMARTS) is 1. The number of alkyl halides is 3. The first-order chi connectivity index (χ1) is 10.2. The number of nitrogens with zero attached hydrogens (tertiary/aromatic N) is 3. The van der Waals surface area contributed by atoms with Gasteiger partial charge in [-0.1, -0.05) is 0 Å². The molecule has 0 spiro atoms. The highest BCUT2D eigenvalue weighted by Crippen LogP contribution is 2.77. The van der Waals surface area contributed by atoms with Crippen LogP contribution in [0, 0.1) is 11.3 Å². The lowest BCUT2D eigenvalue weighted by atomic mass is 9.31. The highest BCUT2D eigenvalue weighted by atomic mass is 19.4. The minimum Gasteiger partial charge on any atom is -0.465 e. The van der Waals surface area contributed by atoms with Crippen LogP contribution in [0.4, 0.5) is 18.0 Å². The Bertz CT molecular complexity index is 616. The lowest BCUT2D eigenvalue weighted by molar-refractivity contribution is -0.216. The topological polar surface area (TPSA) is 79.5 Å². The molecular weight excluding hydrogens is 303 g/mol. The van der Waals surface area contributed by atoms with E-state index in [1.54, 1.807) is 0 Å². The van der Waals surface area contributed by atoms with E-state index in [0.29, 0.717) is 24.9 Å². The largest absolute Gasteiger partial charge is 0.465 e. The van der Waals surface area contributed by atoms with Gasteiger partial charge >= 0.3 is 12.3 Å². The SMILES string of the molecule is O=C(O)N1CC(C23CC(c4nnc(CC(F)(F)F)o4)(C2)C3)C1. The van der Waals surface area contributed by atoms with Crippen molar-refractivity contribution in [3.63, 3.8) is 0 Å². The number of amides is 1. The summed E-state index contributed by atoms with van der Waals surface area (Å²) in [6, 6.07) is 0. The van der Waals surface area contributed by atoms with E-state index in [1.807, 2.05) is 0 Å². The molecule has 2 bridgehead atoms. The second-order valence-corrected chi connectivity index (χ2v) is 6.85. The summed E-state index contributed by atoms with van der Waals surface area (Å²) in [6.45, 7) is 1.10. The summed E-state index contributed by atoms with van der Waals surface area (Å²) in [5.74, 6) is 0.271. The van der Waals surface area contributed by atoms with Crippen molar-refractivity contribution in [3.05, 3.63) is 11.8 Å². The van der Waals surface area contributed by atoms with Gasteiger partial charge in [0.05, 0.1) is 5.41 Å². The van der Waals surface area contributed by atoms with Crippen LogP contribution in [0.3, 0.4) is 0 Å². The molecule has 4 aliphatic rings. The molecule has 1 amide bonds. The molecule has 0 radical (unpaired) electrons. The Labute approximate surface area is 123 Å². The highest BCUT2D eigenvalue weighted by Gasteiger charge is 2.74. The van der Waals surface area contributed by atoms with Crippen LogP contribution in [-0.2, 0) is 11.8 Å². The van der Waals surface area contributed by atoms with Crippen LogP contribution in [0.2, 0.25) is 0 Å². The molecule has 2 heterocycles. The first kappa shape index (κ1) is 13.8. The molecule has 3 aliphatic carbocycles. The lowest BCUT2D eigenvalue weighted by Gasteiger charge is -2.73. The minimum absolute atomic E-state index is 0.130. The summed E-state index contributed by atoms with van der Waals surface area (Å²) >= 11 is 0. The van der Waals surface area contributed by atoms with Crippen molar-refractivity contribution in [3.8, 4) is 0 Å². The number of rotatable bonds is 3. The second kappa shape index (κ2) is 3.94. The Morgan fingerprint density at radius 1 is 1.32 bits per heavy atom. The van der Waals surface area contributed by atoms with E-state index in [0.717, 1.165) is 19.3 Å². The fourth-order valence-corrected chi connectivity index (χ4v) is 4.26. The van der Waals surface area contributed by atoms with Gasteiger partial charge in [-0.2, -0.15) is 13.2 Å². The quantitative estimate of drug-likeness (QED) is 0.924. The Kier molecular flexibility index (Phi) is 2.47. The molecule has 3 saturated carbocycles. The van der Waals surface area contributed by atoms with Crippen molar-refractivity contribution >= 4 is 6.09 Å². The minimum atomic E-state index is -4.35. The number of hydrogen-bond donors (Lipinski definition) is 1. The summed E-state index contributed by atoms with van der Waals surface area (Å²) in [6.07, 6.45) is -4.01. The summed E-state index contributed by atoms with van der Waals surface area (Å²) in [4.78, 5) is 12.2. The van der Waals surface area contributed by atoms with Crippen LogP contribution in [0.25, 0.3) is 0 Å². The number of hydrogen-bond acceptors (Lipinski definition) is 4. The van der Waals surface area contributed by atoms with Gasteiger partial charge in [0, 0.05) is 19.0 Å². The van der Waals surface area contributed by atoms with E-state index in [-0.39, 0.29) is 16.7 Å². The third kappa shape index (κ3) is 1.83. The standard InChI is InChI=1S/C13H14F3N3O3/c14-13(15,16)1-8-17-18-9(22-8)12-4-11(5-12,6-12)7-2-19(3-7)10(20)21/h7H,1-6H2,(H,20,21). The third-order valence-electron chi connectivity index (χ3n) is 5.36. The van der Waals surface area contributed by atoms with Crippen LogP contribution >= 0.6 is 0 Å². The van der Waals surface area contributed by atoms with Crippen molar-refractivity contribution in [1.29, 1.82) is 0 Å². The molecule has 0 unspecified atom stereocenters. The van der Waals surface area contributed by atoms with Crippen molar-refractivity contribution in [2.75, 3.05) is 13.1 Å². The van der Waals surface area contributed by atoms with E-state index in [9.17, 15) is 18.0 Å². The molecule has 1 aromatic heterocycles. The van der Waals surface area contributed by atoms with E-state index < -0.39 is 18.7 Å². The Balaban J connectivity index is 1.37. The zero-order chi connectivity index (χ0) is 15.8. The van der Waals surface area contributed by atoms with Crippen LogP contribution < -0.4 is 0 Å². The van der Waals surface area contributed by atoms with E-state index >= 15 is 0 Å². The average molecular weight is 317 g/mol. The molecular formula is C13H14F3N3O3. The van der Waals surface area contributed by atoms with Crippen LogP contribution in [0.1, 0.15) is 31.0 Å². The summed E-state index contributed by atoms with van der Waals surface area (Å²) in [5, 5.41) is 16.1. The molecule has 1 aliphatic heterocycles. The Morgan fingerprint density at radius 3 is 2.50 bits per heavy atom. The molecule has 22 heavy (non-hydrogen) atoms. The zero-order valence-corrected chi connectivity index (χ0v) is 11.6. The first-order valence-corrected chi connectivity index (χ1v) is 7.09. The lowest BCUT2D eigenvalue weighted by Crippen LogP contribution is -2.73. The monoisotopic (exact) mass is 317 g/mol. The average Bonchev–Trinajstić information content (AvgIpc) is 2.62. The maximum absolute atomic E-state index is 12.3. The van der Waals surface area contributed by atoms with Gasteiger partial charge in [-0.3, -0.25) is 0 Å². The maximum atomic E-state index is 12.3. The molecule has 4 fully saturated rings. The Morgan fingerprint density at radius 2 is 1.95 bits per heavy atom. The van der Waals surface area contributed by atoms with Gasteiger partial charge in [-0.25, -0.2) is 4.79 Å². The van der Waals surface area contributed by atoms with E-state index in [2.05, 4.69) is 10.2 Å². The third-order valence-corrected chi connectivity index (χ3v) is 5.36. The van der Waals surface area contributed by atoms with Gasteiger partial charge in [0.15, 0.2) is 0 Å². The van der Waals surface area contributed by atoms with Gasteiger partial charge in [-0.15, -0.1) is 10.2 Å². The fraction of sp³-hybridized carbons (Fsp3) is 0.769. The molecule has 5 rings (SSSR count). The summed E-state index contributed by atoms with van der Waals surface area (Å²) in [5.41, 5.74) is -0.134. The van der Waals surface area contributed by atoms with Gasteiger partial charge in [0.2, 0.25) is 11.8 Å². The molecule has 6 nitrogen and oxygen atoms in total. The van der Waals surface area contributed by atoms with Crippen LogP contribution in [-0.4, -0.2) is 45.6 Å². The van der Waals surface area contributed by atoms with Crippen molar-refractivity contribution in [2.24, 2.45) is 11.3 Å². The second-order valence-electron chi connectivity index (χ2n) is 6.85. The van der Waals surface area contributed by atoms with E-state index in [4.69, 9.17) is 9.52 Å². The Hall–Kier alpha value is -1.80. The van der Waals surface area contributed by atoms with Gasteiger partial charge < -0.3 is 14.4 Å². The molecule has 120 valence electrons. The molecule has 1 aromatic rings. The summed E-state index contributed by atoms with van der Waals surface area (Å²) < 4.78 is 42.1. The number of halogens is 3. The predicted octanol–water partition coefficient (Wildman–Crippen LogP) is 2.21. The van der Waals surface area contributed by atoms with Crippen molar-refractivity contribution in [2.45, 2.75) is 37.3 Å². The molecule has 1 N–H and O–H groups in total. The number of carbonyl (C=O) groups is 1. The highest BCUT2D eigenvalue weighted by molar-refractivity contribution is 5.66. The fourth-order valence-electron chi connectivity index (χ4n) is 4.26. The van der Waals surface area contributed by atoms with Gasteiger partial charge in [-0.05, 0) is 24.7 Å². The van der Waals surface area contributed by atoms with E-state index in [1.165, 1.54) is 4.90 Å². The molecule has 9 heteroatoms. The first-order valence-electron chi connectivity index (χ1n) is 7.09. The van der Waals surface area contributed by atoms with Crippen LogP contribution in [0.5, 0.6) is 0 Å². The normalized spacial score (nSPS) is 33.9. The van der Waals surface area contributed by atoms with Crippen molar-refractivity contribution in [1.82, 2.24) is 15.1 Å². The molecule has 1 saturated heterocycles. The number of likely N-dealkylation sites (tertiary alicyclic amines) is 1. The van der Waals surface area contributed by atoms with Gasteiger partial charge in [0.1, 0.15) is 6.42 Å². The number of aromatic nitrogens is 2. The predicted molar refractivity (Wildman–Crippen MR) is 65.1 cm³/mol. The van der Waals surface area contributed by atoms with Crippen molar-refractivity contribution < 1.29 is 27.5 Å². The van der Waals surface area contributed by atoms with Gasteiger partial charge in [0.25, 0.3) is 0 Å². The molecule has 0 aromatic carbocycles. The summed E-state index contributed by atoms with van der Waals surface area (Å²) in [7, 11) is 0. The molecule has 0 atom stereocenters. The maximum Gasteiger partial charge on any atom is 0.407 e. The smallest absolute Gasteiger partial charge is 0.407 e.